The summed E-state index contributed by atoms with van der Waals surface area (Å²) in [5.41, 5.74) is -0.133. The van der Waals surface area contributed by atoms with Gasteiger partial charge in [0.2, 0.25) is 0 Å². The molecule has 4 heteroatoms. The first-order chi connectivity index (χ1) is 7.83. The highest BCUT2D eigenvalue weighted by Gasteiger charge is 2.45. The van der Waals surface area contributed by atoms with E-state index >= 15 is 0 Å². The van der Waals surface area contributed by atoms with Crippen LogP contribution in [0, 0.1) is 5.92 Å². The van der Waals surface area contributed by atoms with E-state index in [0.717, 1.165) is 12.8 Å². The van der Waals surface area contributed by atoms with Crippen molar-refractivity contribution in [3.63, 3.8) is 0 Å². The summed E-state index contributed by atoms with van der Waals surface area (Å²) < 4.78 is 17.5. The second kappa shape index (κ2) is 4.50. The lowest BCUT2D eigenvalue weighted by Crippen LogP contribution is -2.49. The van der Waals surface area contributed by atoms with Crippen LogP contribution in [0.5, 0.6) is 0 Å². The molecule has 0 aromatic carbocycles. The maximum atomic E-state index is 9.45. The SMILES string of the molecule is CC1(C)CC[C@H](CO)[C@H]([C@H]2COC(C)(C)O2)O1. The molecule has 3 atom stereocenters. The molecule has 0 bridgehead atoms. The fourth-order valence-electron chi connectivity index (χ4n) is 2.67. The highest BCUT2D eigenvalue weighted by Crippen LogP contribution is 2.37. The molecule has 0 aromatic heterocycles. The molecule has 17 heavy (non-hydrogen) atoms. The van der Waals surface area contributed by atoms with Gasteiger partial charge in [0.1, 0.15) is 6.10 Å². The van der Waals surface area contributed by atoms with Crippen LogP contribution in [0.3, 0.4) is 0 Å². The van der Waals surface area contributed by atoms with E-state index in [2.05, 4.69) is 13.8 Å². The molecule has 2 rings (SSSR count). The molecule has 2 fully saturated rings. The Hall–Kier alpha value is -0.160. The van der Waals surface area contributed by atoms with Gasteiger partial charge in [0.15, 0.2) is 5.79 Å². The largest absolute Gasteiger partial charge is 0.396 e. The van der Waals surface area contributed by atoms with Gasteiger partial charge in [0.25, 0.3) is 0 Å². The van der Waals surface area contributed by atoms with Crippen LogP contribution in [-0.2, 0) is 14.2 Å². The number of aliphatic hydroxyl groups is 1. The zero-order valence-corrected chi connectivity index (χ0v) is 11.2. The van der Waals surface area contributed by atoms with E-state index in [9.17, 15) is 5.11 Å². The van der Waals surface area contributed by atoms with Crippen molar-refractivity contribution in [3.05, 3.63) is 0 Å². The van der Waals surface area contributed by atoms with Crippen molar-refractivity contribution < 1.29 is 19.3 Å². The van der Waals surface area contributed by atoms with Crippen molar-refractivity contribution in [3.8, 4) is 0 Å². The Morgan fingerprint density at radius 2 is 1.88 bits per heavy atom. The van der Waals surface area contributed by atoms with Crippen LogP contribution in [-0.4, -0.2) is 41.9 Å². The molecule has 0 spiro atoms. The van der Waals surface area contributed by atoms with Gasteiger partial charge in [-0.15, -0.1) is 0 Å². The third-order valence-corrected chi connectivity index (χ3v) is 3.67. The molecular weight excluding hydrogens is 220 g/mol. The van der Waals surface area contributed by atoms with Crippen molar-refractivity contribution >= 4 is 0 Å². The molecule has 4 nitrogen and oxygen atoms in total. The summed E-state index contributed by atoms with van der Waals surface area (Å²) in [5.74, 6) is -0.374. The van der Waals surface area contributed by atoms with Gasteiger partial charge in [0, 0.05) is 12.5 Å². The van der Waals surface area contributed by atoms with E-state index < -0.39 is 5.79 Å². The van der Waals surface area contributed by atoms with Gasteiger partial charge < -0.3 is 19.3 Å². The third-order valence-electron chi connectivity index (χ3n) is 3.67. The molecule has 2 aliphatic heterocycles. The number of hydrogen-bond donors (Lipinski definition) is 1. The van der Waals surface area contributed by atoms with Gasteiger partial charge in [-0.05, 0) is 40.5 Å². The normalized spacial score (nSPS) is 40.4. The van der Waals surface area contributed by atoms with Gasteiger partial charge in [-0.1, -0.05) is 0 Å². The molecule has 0 saturated carbocycles. The lowest BCUT2D eigenvalue weighted by atomic mass is 9.85. The maximum Gasteiger partial charge on any atom is 0.163 e. The minimum atomic E-state index is -0.532. The zero-order chi connectivity index (χ0) is 12.7. The molecular formula is C13H24O4. The lowest BCUT2D eigenvalue weighted by Gasteiger charge is -2.42. The molecule has 2 saturated heterocycles. The number of hydrogen-bond acceptors (Lipinski definition) is 4. The average Bonchev–Trinajstić information content (AvgIpc) is 2.58. The average molecular weight is 244 g/mol. The topological polar surface area (TPSA) is 47.9 Å². The highest BCUT2D eigenvalue weighted by atomic mass is 16.7. The van der Waals surface area contributed by atoms with Gasteiger partial charge in [-0.2, -0.15) is 0 Å². The minimum absolute atomic E-state index is 0.0643. The van der Waals surface area contributed by atoms with Crippen LogP contribution < -0.4 is 0 Å². The van der Waals surface area contributed by atoms with Crippen molar-refractivity contribution in [1.82, 2.24) is 0 Å². The maximum absolute atomic E-state index is 9.45. The molecule has 0 aromatic rings. The Balaban J connectivity index is 2.06. The number of ether oxygens (including phenoxy) is 3. The van der Waals surface area contributed by atoms with Gasteiger partial charge >= 0.3 is 0 Å². The van der Waals surface area contributed by atoms with Crippen LogP contribution in [0.25, 0.3) is 0 Å². The quantitative estimate of drug-likeness (QED) is 0.803. The van der Waals surface area contributed by atoms with Crippen molar-refractivity contribution in [1.29, 1.82) is 0 Å². The van der Waals surface area contributed by atoms with Crippen LogP contribution in [0.2, 0.25) is 0 Å². The van der Waals surface area contributed by atoms with Crippen LogP contribution in [0.4, 0.5) is 0 Å². The summed E-state index contributed by atoms with van der Waals surface area (Å²) in [6.45, 7) is 8.71. The first kappa shape index (κ1) is 13.3. The number of aliphatic hydroxyl groups excluding tert-OH is 1. The van der Waals surface area contributed by atoms with E-state index in [4.69, 9.17) is 14.2 Å². The van der Waals surface area contributed by atoms with Gasteiger partial charge in [0.05, 0.1) is 18.3 Å². The van der Waals surface area contributed by atoms with E-state index in [1.54, 1.807) is 0 Å². The molecule has 1 N–H and O–H groups in total. The second-order valence-corrected chi connectivity index (χ2v) is 6.19. The summed E-state index contributed by atoms with van der Waals surface area (Å²) >= 11 is 0. The molecule has 2 heterocycles. The fourth-order valence-corrected chi connectivity index (χ4v) is 2.67. The van der Waals surface area contributed by atoms with E-state index in [0.29, 0.717) is 6.61 Å². The summed E-state index contributed by atoms with van der Waals surface area (Å²) in [5, 5.41) is 9.45. The Labute approximate surface area is 103 Å². The predicted molar refractivity (Wildman–Crippen MR) is 63.7 cm³/mol. The Morgan fingerprint density at radius 3 is 2.41 bits per heavy atom. The summed E-state index contributed by atoms with van der Waals surface area (Å²) in [6.07, 6.45) is 1.83. The smallest absolute Gasteiger partial charge is 0.163 e. The molecule has 0 aliphatic carbocycles. The molecule has 100 valence electrons. The zero-order valence-electron chi connectivity index (χ0n) is 11.2. The predicted octanol–water partition coefficient (Wildman–Crippen LogP) is 1.70. The molecule has 0 amide bonds. The van der Waals surface area contributed by atoms with Gasteiger partial charge in [-0.25, -0.2) is 0 Å². The minimum Gasteiger partial charge on any atom is -0.396 e. The Kier molecular flexibility index (Phi) is 3.51. The molecule has 2 aliphatic rings. The summed E-state index contributed by atoms with van der Waals surface area (Å²) in [4.78, 5) is 0. The Morgan fingerprint density at radius 1 is 1.18 bits per heavy atom. The monoisotopic (exact) mass is 244 g/mol. The molecule has 0 radical (unpaired) electrons. The standard InChI is InChI=1S/C13H24O4/c1-12(2)6-5-9(7-14)11(17-12)10-8-15-13(3,4)16-10/h9-11,14H,5-8H2,1-4H3/t9-,10-,11-/m1/s1. The Bertz CT molecular complexity index is 275. The molecule has 0 unspecified atom stereocenters. The van der Waals surface area contributed by atoms with Crippen molar-refractivity contribution in [2.24, 2.45) is 5.92 Å². The summed E-state index contributed by atoms with van der Waals surface area (Å²) in [6, 6.07) is 0. The van der Waals surface area contributed by atoms with E-state index in [-0.39, 0.29) is 30.3 Å². The third kappa shape index (κ3) is 2.99. The first-order valence-corrected chi connectivity index (χ1v) is 6.43. The first-order valence-electron chi connectivity index (χ1n) is 6.43. The van der Waals surface area contributed by atoms with Crippen LogP contribution in [0.1, 0.15) is 40.5 Å². The van der Waals surface area contributed by atoms with Crippen LogP contribution in [0.15, 0.2) is 0 Å². The van der Waals surface area contributed by atoms with E-state index in [1.165, 1.54) is 0 Å². The second-order valence-electron chi connectivity index (χ2n) is 6.19. The number of rotatable bonds is 2. The van der Waals surface area contributed by atoms with Crippen molar-refractivity contribution in [2.45, 2.75) is 64.1 Å². The van der Waals surface area contributed by atoms with E-state index in [1.807, 2.05) is 13.8 Å². The lowest BCUT2D eigenvalue weighted by molar-refractivity contribution is -0.205. The fraction of sp³-hybridized carbons (Fsp3) is 1.00. The summed E-state index contributed by atoms with van der Waals surface area (Å²) in [7, 11) is 0. The highest BCUT2D eigenvalue weighted by molar-refractivity contribution is 4.90. The van der Waals surface area contributed by atoms with Gasteiger partial charge in [-0.3, -0.25) is 0 Å². The van der Waals surface area contributed by atoms with Crippen molar-refractivity contribution in [2.75, 3.05) is 13.2 Å². The van der Waals surface area contributed by atoms with Crippen LogP contribution >= 0.6 is 0 Å².